The first-order valence-electron chi connectivity index (χ1n) is 16.7. The van der Waals surface area contributed by atoms with Gasteiger partial charge in [-0.05, 0) is 113 Å². The fraction of sp³-hybridized carbons (Fsp3) is 0.459. The quantitative estimate of drug-likeness (QED) is 0.200. The summed E-state index contributed by atoms with van der Waals surface area (Å²) < 4.78 is 18.0. The number of piperidine rings is 1. The first kappa shape index (κ1) is 33.1. The van der Waals surface area contributed by atoms with Gasteiger partial charge < -0.3 is 34.6 Å². The van der Waals surface area contributed by atoms with Crippen LogP contribution in [0.5, 0.6) is 23.0 Å². The molecule has 3 amide bonds. The van der Waals surface area contributed by atoms with Crippen molar-refractivity contribution in [3.8, 4) is 23.0 Å². The Balaban J connectivity index is 1.21. The lowest BCUT2D eigenvalue weighted by molar-refractivity contribution is 0.0661. The van der Waals surface area contributed by atoms with Crippen molar-refractivity contribution in [2.75, 3.05) is 30.9 Å². The summed E-state index contributed by atoms with van der Waals surface area (Å²) in [6.45, 7) is 6.73. The minimum Gasteiger partial charge on any atom is -0.493 e. The van der Waals surface area contributed by atoms with Gasteiger partial charge in [-0.15, -0.1) is 0 Å². The molecule has 2 heterocycles. The van der Waals surface area contributed by atoms with Gasteiger partial charge in [0.1, 0.15) is 17.6 Å². The molecule has 2 bridgehead atoms. The lowest BCUT2D eigenvalue weighted by Crippen LogP contribution is -2.43. The molecule has 0 radical (unpaired) electrons. The van der Waals surface area contributed by atoms with Crippen molar-refractivity contribution in [3.05, 3.63) is 72.3 Å². The predicted molar refractivity (Wildman–Crippen MR) is 183 cm³/mol. The van der Waals surface area contributed by atoms with Gasteiger partial charge in [-0.25, -0.2) is 4.79 Å². The van der Waals surface area contributed by atoms with Gasteiger partial charge in [-0.2, -0.15) is 0 Å². The van der Waals surface area contributed by atoms with E-state index in [0.29, 0.717) is 47.1 Å². The van der Waals surface area contributed by atoms with Crippen molar-refractivity contribution in [3.63, 3.8) is 0 Å². The third kappa shape index (κ3) is 7.94. The van der Waals surface area contributed by atoms with Crippen molar-refractivity contribution in [2.45, 2.75) is 89.9 Å². The summed E-state index contributed by atoms with van der Waals surface area (Å²) >= 11 is 0. The lowest BCUT2D eigenvalue weighted by atomic mass is 10.0. The molecule has 3 aromatic rings. The van der Waals surface area contributed by atoms with Gasteiger partial charge >= 0.3 is 6.03 Å². The number of methoxy groups -OCH3 is 1. The SMILES string of the molecule is CCCN(C(=O)c1ccc(OC2CC3CCC(C2)N3C)cc1)c1ccc(Oc2ccc(NC(=O)NC(CC)CC)cc2OC)cc1. The van der Waals surface area contributed by atoms with Crippen molar-refractivity contribution in [2.24, 2.45) is 0 Å². The Bertz CT molecular complexity index is 1440. The Morgan fingerprint density at radius 3 is 2.15 bits per heavy atom. The maximum atomic E-state index is 13.6. The first-order valence-corrected chi connectivity index (χ1v) is 16.7. The zero-order chi connectivity index (χ0) is 32.6. The van der Waals surface area contributed by atoms with Gasteiger partial charge in [-0.3, -0.25) is 4.79 Å². The van der Waals surface area contributed by atoms with Crippen LogP contribution < -0.4 is 29.7 Å². The van der Waals surface area contributed by atoms with Crippen molar-refractivity contribution in [1.82, 2.24) is 10.2 Å². The van der Waals surface area contributed by atoms with Gasteiger partial charge in [0.2, 0.25) is 0 Å². The maximum Gasteiger partial charge on any atom is 0.319 e. The molecule has 0 aliphatic carbocycles. The van der Waals surface area contributed by atoms with Crippen LogP contribution in [0.25, 0.3) is 0 Å². The highest BCUT2D eigenvalue weighted by Gasteiger charge is 2.39. The zero-order valence-corrected chi connectivity index (χ0v) is 27.8. The van der Waals surface area contributed by atoms with Crippen molar-refractivity contribution >= 4 is 23.3 Å². The third-order valence-corrected chi connectivity index (χ3v) is 9.27. The molecule has 2 N–H and O–H groups in total. The lowest BCUT2D eigenvalue weighted by Gasteiger charge is -2.36. The van der Waals surface area contributed by atoms with E-state index in [2.05, 4.69) is 29.5 Å². The molecule has 2 fully saturated rings. The number of nitrogens with zero attached hydrogens (tertiary/aromatic N) is 2. The summed E-state index contributed by atoms with van der Waals surface area (Å²) in [4.78, 5) is 30.3. The molecule has 46 heavy (non-hydrogen) atoms. The number of nitrogens with one attached hydrogen (secondary N) is 2. The Hall–Kier alpha value is -4.24. The van der Waals surface area contributed by atoms with Gasteiger partial charge in [0.15, 0.2) is 11.5 Å². The second-order valence-corrected chi connectivity index (χ2v) is 12.3. The third-order valence-electron chi connectivity index (χ3n) is 9.27. The van der Waals surface area contributed by atoms with Crippen LogP contribution >= 0.6 is 0 Å². The van der Waals surface area contributed by atoms with Crippen LogP contribution in [0.2, 0.25) is 0 Å². The zero-order valence-electron chi connectivity index (χ0n) is 27.8. The Kier molecular flexibility index (Phi) is 11.1. The van der Waals surface area contributed by atoms with Gasteiger partial charge in [-0.1, -0.05) is 20.8 Å². The molecule has 3 aromatic carbocycles. The molecule has 5 rings (SSSR count). The summed E-state index contributed by atoms with van der Waals surface area (Å²) in [6, 6.07) is 21.4. The van der Waals surface area contributed by atoms with Gasteiger partial charge in [0.05, 0.1) is 7.11 Å². The van der Waals surface area contributed by atoms with Crippen LogP contribution in [0.1, 0.15) is 76.1 Å². The first-order chi connectivity index (χ1) is 22.3. The molecule has 0 saturated carbocycles. The van der Waals surface area contributed by atoms with Crippen LogP contribution in [-0.2, 0) is 0 Å². The monoisotopic (exact) mass is 628 g/mol. The highest BCUT2D eigenvalue weighted by atomic mass is 16.5. The fourth-order valence-electron chi connectivity index (χ4n) is 6.55. The van der Waals surface area contributed by atoms with Gasteiger partial charge in [0.25, 0.3) is 5.91 Å². The van der Waals surface area contributed by atoms with Crippen LogP contribution in [0.15, 0.2) is 66.7 Å². The van der Waals surface area contributed by atoms with E-state index in [1.165, 1.54) is 12.8 Å². The number of amides is 3. The number of anilines is 2. The normalized spacial score (nSPS) is 19.0. The van der Waals surface area contributed by atoms with E-state index in [1.807, 2.05) is 62.4 Å². The van der Waals surface area contributed by atoms with Crippen LogP contribution in [0.3, 0.4) is 0 Å². The predicted octanol–water partition coefficient (Wildman–Crippen LogP) is 7.86. The van der Waals surface area contributed by atoms with E-state index in [0.717, 1.165) is 43.5 Å². The second kappa shape index (κ2) is 15.4. The summed E-state index contributed by atoms with van der Waals surface area (Å²) in [5.74, 6) is 2.36. The van der Waals surface area contributed by atoms with Crippen LogP contribution in [-0.4, -0.2) is 61.8 Å². The molecule has 9 heteroatoms. The Labute approximate surface area is 273 Å². The molecule has 2 aliphatic rings. The second-order valence-electron chi connectivity index (χ2n) is 12.3. The van der Waals surface area contributed by atoms with Crippen molar-refractivity contribution in [1.29, 1.82) is 0 Å². The van der Waals surface area contributed by atoms with E-state index >= 15 is 0 Å². The molecular weight excluding hydrogens is 580 g/mol. The smallest absolute Gasteiger partial charge is 0.319 e. The summed E-state index contributed by atoms with van der Waals surface area (Å²) in [6.07, 6.45) is 7.41. The molecule has 9 nitrogen and oxygen atoms in total. The largest absolute Gasteiger partial charge is 0.493 e. The number of carbonyl (C=O) groups is 2. The summed E-state index contributed by atoms with van der Waals surface area (Å²) in [5.41, 5.74) is 2.01. The topological polar surface area (TPSA) is 92.4 Å². The Morgan fingerprint density at radius 2 is 1.54 bits per heavy atom. The molecule has 2 unspecified atom stereocenters. The van der Waals surface area contributed by atoms with E-state index in [-0.39, 0.29) is 24.1 Å². The van der Waals surface area contributed by atoms with E-state index in [9.17, 15) is 9.59 Å². The van der Waals surface area contributed by atoms with Crippen LogP contribution in [0, 0.1) is 0 Å². The minimum atomic E-state index is -0.255. The number of ether oxygens (including phenoxy) is 3. The van der Waals surface area contributed by atoms with Crippen LogP contribution in [0.4, 0.5) is 16.2 Å². The molecule has 2 saturated heterocycles. The standard InChI is InChI=1S/C37H48N4O5/c1-6-21-41(36(42)25-9-16-31(17-10-25)45-33-23-29-12-13-30(24-33)40(29)4)28-14-18-32(19-15-28)46-34-20-11-27(22-35(34)44-5)39-37(43)38-26(7-2)8-3/h9-11,14-20,22,26,29-30,33H,6-8,12-13,21,23-24H2,1-5H3,(H2,38,39,43). The highest BCUT2D eigenvalue weighted by Crippen LogP contribution is 2.37. The molecule has 0 aromatic heterocycles. The number of benzene rings is 3. The number of fused-ring (bicyclic) bond motifs is 2. The maximum absolute atomic E-state index is 13.6. The average Bonchev–Trinajstić information content (AvgIpc) is 3.26. The number of urea groups is 1. The van der Waals surface area contributed by atoms with E-state index in [1.54, 1.807) is 30.2 Å². The molecule has 2 atom stereocenters. The van der Waals surface area contributed by atoms with Gasteiger partial charge in [0, 0.05) is 47.7 Å². The highest BCUT2D eigenvalue weighted by molar-refractivity contribution is 6.06. The average molecular weight is 629 g/mol. The number of hydrogen-bond acceptors (Lipinski definition) is 6. The van der Waals surface area contributed by atoms with E-state index in [4.69, 9.17) is 14.2 Å². The fourth-order valence-corrected chi connectivity index (χ4v) is 6.55. The van der Waals surface area contributed by atoms with E-state index < -0.39 is 0 Å². The molecule has 0 spiro atoms. The summed E-state index contributed by atoms with van der Waals surface area (Å²) in [7, 11) is 3.79. The number of carbonyl (C=O) groups excluding carboxylic acids is 2. The number of rotatable bonds is 13. The molecular formula is C37H48N4O5. The molecule has 2 aliphatic heterocycles. The van der Waals surface area contributed by atoms with Crippen molar-refractivity contribution < 1.29 is 23.8 Å². The number of hydrogen-bond donors (Lipinski definition) is 2. The molecule has 246 valence electrons. The summed E-state index contributed by atoms with van der Waals surface area (Å²) in [5, 5.41) is 5.82. The Morgan fingerprint density at radius 1 is 0.891 bits per heavy atom. The minimum absolute atomic E-state index is 0.0580.